The fraction of sp³-hybridized carbons (Fsp3) is 0.909. The minimum atomic E-state index is -4.17. The van der Waals surface area contributed by atoms with E-state index in [0.717, 1.165) is 0 Å². The number of nitrogens with two attached hydrogens (primary N) is 1. The maximum absolute atomic E-state index is 11.9. The van der Waals surface area contributed by atoms with Gasteiger partial charge in [0.2, 0.25) is 0 Å². The normalized spacial score (nSPS) is 29.2. The van der Waals surface area contributed by atoms with Gasteiger partial charge in [-0.25, -0.2) is 0 Å². The molecule has 0 amide bonds. The summed E-state index contributed by atoms with van der Waals surface area (Å²) < 4.78 is 41.0. The highest BCUT2D eigenvalue weighted by molar-refractivity contribution is 5.78. The van der Waals surface area contributed by atoms with E-state index in [0.29, 0.717) is 19.3 Å². The van der Waals surface area contributed by atoms with Crippen molar-refractivity contribution in [2.24, 2.45) is 5.73 Å². The van der Waals surface area contributed by atoms with E-state index in [2.05, 4.69) is 0 Å². The summed E-state index contributed by atoms with van der Waals surface area (Å²) in [7, 11) is 0. The van der Waals surface area contributed by atoms with Crippen LogP contribution in [0.15, 0.2) is 0 Å². The lowest BCUT2D eigenvalue weighted by Gasteiger charge is -2.34. The van der Waals surface area contributed by atoms with Gasteiger partial charge in [0.1, 0.15) is 5.54 Å². The quantitative estimate of drug-likeness (QED) is 0.749. The zero-order valence-electron chi connectivity index (χ0n) is 10.0. The van der Waals surface area contributed by atoms with Gasteiger partial charge >= 0.3 is 12.1 Å². The first-order valence-corrected chi connectivity index (χ1v) is 5.93. The molecule has 0 aliphatic heterocycles. The summed E-state index contributed by atoms with van der Waals surface area (Å²) in [5.74, 6) is -1.08. The van der Waals surface area contributed by atoms with Crippen LogP contribution in [0.1, 0.15) is 38.5 Å². The Morgan fingerprint density at radius 2 is 2.17 bits per heavy atom. The molecule has 0 radical (unpaired) electrons. The third-order valence-electron chi connectivity index (χ3n) is 3.12. The number of halogens is 3. The molecule has 0 heterocycles. The molecule has 0 aromatic heterocycles. The van der Waals surface area contributed by atoms with E-state index in [1.807, 2.05) is 0 Å². The van der Waals surface area contributed by atoms with E-state index in [1.54, 1.807) is 0 Å². The summed E-state index contributed by atoms with van der Waals surface area (Å²) >= 11 is 0. The van der Waals surface area contributed by atoms with Gasteiger partial charge in [0, 0.05) is 19.4 Å². The fourth-order valence-corrected chi connectivity index (χ4v) is 2.11. The van der Waals surface area contributed by atoms with Crippen LogP contribution in [0.2, 0.25) is 0 Å². The van der Waals surface area contributed by atoms with Crippen molar-refractivity contribution in [1.29, 1.82) is 0 Å². The molecule has 0 saturated heterocycles. The Morgan fingerprint density at radius 1 is 1.50 bits per heavy atom. The largest absolute Gasteiger partial charge is 0.480 e. The topological polar surface area (TPSA) is 72.6 Å². The highest BCUT2D eigenvalue weighted by atomic mass is 19.4. The number of hydrogen-bond acceptors (Lipinski definition) is 3. The second-order valence-corrected chi connectivity index (χ2v) is 4.77. The molecular formula is C11H18F3NO3. The standard InChI is InChI=1S/C11H18F3NO3/c12-11(13,14)5-2-6-18-8-3-1-4-10(15,7-8)9(16)17/h8H,1-7,15H2,(H,16,17). The summed E-state index contributed by atoms with van der Waals surface area (Å²) in [4.78, 5) is 11.0. The van der Waals surface area contributed by atoms with Gasteiger partial charge in [-0.3, -0.25) is 4.79 Å². The Balaban J connectivity index is 2.29. The van der Waals surface area contributed by atoms with Gasteiger partial charge in [-0.05, 0) is 25.7 Å². The number of carboxylic acids is 1. The minimum Gasteiger partial charge on any atom is -0.480 e. The van der Waals surface area contributed by atoms with Gasteiger partial charge in [0.15, 0.2) is 0 Å². The van der Waals surface area contributed by atoms with Gasteiger partial charge in [0.05, 0.1) is 6.10 Å². The van der Waals surface area contributed by atoms with Gasteiger partial charge in [0.25, 0.3) is 0 Å². The first kappa shape index (κ1) is 15.2. The molecule has 0 bridgehead atoms. The van der Waals surface area contributed by atoms with Crippen LogP contribution in [0.3, 0.4) is 0 Å². The van der Waals surface area contributed by atoms with Crippen molar-refractivity contribution < 1.29 is 27.8 Å². The van der Waals surface area contributed by atoms with E-state index in [9.17, 15) is 18.0 Å². The number of carboxylic acid groups (broad SMARTS) is 1. The third-order valence-corrected chi connectivity index (χ3v) is 3.12. The summed E-state index contributed by atoms with van der Waals surface area (Å²) in [5, 5.41) is 8.96. The highest BCUT2D eigenvalue weighted by Crippen LogP contribution is 2.29. The van der Waals surface area contributed by atoms with Crippen LogP contribution < -0.4 is 5.73 Å². The van der Waals surface area contributed by atoms with E-state index < -0.39 is 24.1 Å². The molecule has 0 aromatic rings. The van der Waals surface area contributed by atoms with Crippen LogP contribution in [0.5, 0.6) is 0 Å². The average molecular weight is 269 g/mol. The van der Waals surface area contributed by atoms with Crippen molar-refractivity contribution in [2.75, 3.05) is 6.61 Å². The lowest BCUT2D eigenvalue weighted by molar-refractivity contribution is -0.147. The van der Waals surface area contributed by atoms with Crippen molar-refractivity contribution in [3.63, 3.8) is 0 Å². The first-order chi connectivity index (χ1) is 8.23. The summed E-state index contributed by atoms with van der Waals surface area (Å²) in [6, 6.07) is 0. The maximum Gasteiger partial charge on any atom is 0.389 e. The Labute approximate surface area is 103 Å². The molecule has 0 spiro atoms. The molecule has 7 heteroatoms. The summed E-state index contributed by atoms with van der Waals surface area (Å²) in [5.41, 5.74) is 4.41. The molecule has 106 valence electrons. The number of alkyl halides is 3. The smallest absolute Gasteiger partial charge is 0.389 e. The molecular weight excluding hydrogens is 251 g/mol. The molecule has 2 atom stereocenters. The molecule has 1 aliphatic rings. The monoisotopic (exact) mass is 269 g/mol. The lowest BCUT2D eigenvalue weighted by atomic mass is 9.81. The summed E-state index contributed by atoms with van der Waals surface area (Å²) in [6.45, 7) is -0.0140. The predicted octanol–water partition coefficient (Wildman–Crippen LogP) is 2.07. The second kappa shape index (κ2) is 5.88. The average Bonchev–Trinajstić information content (AvgIpc) is 2.23. The Hall–Kier alpha value is -0.820. The molecule has 1 aliphatic carbocycles. The molecule has 3 N–H and O–H groups in total. The van der Waals surface area contributed by atoms with Crippen LogP contribution in [0.4, 0.5) is 13.2 Å². The number of aliphatic carboxylic acids is 1. The van der Waals surface area contributed by atoms with Gasteiger partial charge < -0.3 is 15.6 Å². The van der Waals surface area contributed by atoms with E-state index in [-0.39, 0.29) is 25.6 Å². The summed E-state index contributed by atoms with van der Waals surface area (Å²) in [6.07, 6.45) is -3.71. The van der Waals surface area contributed by atoms with Crippen LogP contribution in [0, 0.1) is 0 Å². The number of rotatable bonds is 5. The van der Waals surface area contributed by atoms with Gasteiger partial charge in [-0.2, -0.15) is 13.2 Å². The number of ether oxygens (including phenoxy) is 1. The number of hydrogen-bond donors (Lipinski definition) is 2. The van der Waals surface area contributed by atoms with Crippen molar-refractivity contribution in [1.82, 2.24) is 0 Å². The van der Waals surface area contributed by atoms with Crippen LogP contribution >= 0.6 is 0 Å². The third kappa shape index (κ3) is 4.81. The molecule has 2 unspecified atom stereocenters. The molecule has 18 heavy (non-hydrogen) atoms. The molecule has 1 fully saturated rings. The maximum atomic E-state index is 11.9. The molecule has 1 rings (SSSR count). The van der Waals surface area contributed by atoms with Gasteiger partial charge in [-0.15, -0.1) is 0 Å². The molecule has 0 aromatic carbocycles. The van der Waals surface area contributed by atoms with Crippen molar-refractivity contribution >= 4 is 5.97 Å². The second-order valence-electron chi connectivity index (χ2n) is 4.77. The van der Waals surface area contributed by atoms with Crippen LogP contribution in [0.25, 0.3) is 0 Å². The predicted molar refractivity (Wildman–Crippen MR) is 58.1 cm³/mol. The zero-order valence-corrected chi connectivity index (χ0v) is 10.0. The molecule has 1 saturated carbocycles. The van der Waals surface area contributed by atoms with E-state index in [4.69, 9.17) is 15.6 Å². The van der Waals surface area contributed by atoms with Crippen LogP contribution in [-0.2, 0) is 9.53 Å². The fourth-order valence-electron chi connectivity index (χ4n) is 2.11. The Morgan fingerprint density at radius 3 is 2.72 bits per heavy atom. The van der Waals surface area contributed by atoms with E-state index >= 15 is 0 Å². The SMILES string of the molecule is NC1(C(=O)O)CCCC(OCCCC(F)(F)F)C1. The van der Waals surface area contributed by atoms with Gasteiger partial charge in [-0.1, -0.05) is 0 Å². The van der Waals surface area contributed by atoms with Crippen LogP contribution in [-0.4, -0.2) is 35.5 Å². The Kier molecular flexibility index (Phi) is 4.98. The van der Waals surface area contributed by atoms with E-state index in [1.165, 1.54) is 0 Å². The number of carbonyl (C=O) groups is 1. The van der Waals surface area contributed by atoms with Crippen molar-refractivity contribution in [2.45, 2.75) is 56.3 Å². The Bertz CT molecular complexity index is 296. The minimum absolute atomic E-state index is 0.0140. The zero-order chi connectivity index (χ0) is 13.8. The molecule has 4 nitrogen and oxygen atoms in total. The van der Waals surface area contributed by atoms with Crippen molar-refractivity contribution in [3.05, 3.63) is 0 Å². The lowest BCUT2D eigenvalue weighted by Crippen LogP contribution is -2.52. The van der Waals surface area contributed by atoms with Crippen molar-refractivity contribution in [3.8, 4) is 0 Å². The highest BCUT2D eigenvalue weighted by Gasteiger charge is 2.39. The first-order valence-electron chi connectivity index (χ1n) is 5.93.